The molecule has 0 saturated heterocycles. The topological polar surface area (TPSA) is 65.3 Å². The first-order valence-electron chi connectivity index (χ1n) is 7.41. The second-order valence-electron chi connectivity index (χ2n) is 3.73. The second kappa shape index (κ2) is 6.24. The van der Waals surface area contributed by atoms with Crippen molar-refractivity contribution in [3.8, 4) is 5.75 Å². The number of nitro groups is 1. The van der Waals surface area contributed by atoms with Crippen molar-refractivity contribution in [3.63, 3.8) is 0 Å². The number of aromatic nitrogens is 1. The summed E-state index contributed by atoms with van der Waals surface area (Å²) in [5.41, 5.74) is -0.672. The first-order chi connectivity index (χ1) is 11.5. The fourth-order valence-corrected chi connectivity index (χ4v) is 2.04. The normalized spacial score (nSPS) is 16.9. The van der Waals surface area contributed by atoms with E-state index in [4.69, 9.17) is 33.4 Å². The highest BCUT2D eigenvalue weighted by molar-refractivity contribution is 6.36. The van der Waals surface area contributed by atoms with Crippen molar-refractivity contribution in [3.05, 3.63) is 62.0 Å². The van der Waals surface area contributed by atoms with Gasteiger partial charge in [-0.1, -0.05) is 23.2 Å². The van der Waals surface area contributed by atoms with Gasteiger partial charge in [0.25, 0.3) is 0 Å². The highest BCUT2D eigenvalue weighted by Gasteiger charge is 2.23. The molecule has 0 fully saturated rings. The van der Waals surface area contributed by atoms with E-state index in [-0.39, 0.29) is 5.02 Å². The van der Waals surface area contributed by atoms with Gasteiger partial charge in [0.2, 0.25) is 5.75 Å². The van der Waals surface area contributed by atoms with Crippen LogP contribution in [0.5, 0.6) is 5.75 Å². The van der Waals surface area contributed by atoms with Crippen LogP contribution in [0.25, 0.3) is 0 Å². The number of ether oxygens (including phenoxy) is 1. The van der Waals surface area contributed by atoms with Gasteiger partial charge in [0.15, 0.2) is 0 Å². The van der Waals surface area contributed by atoms with Crippen molar-refractivity contribution in [1.29, 1.82) is 0 Å². The van der Waals surface area contributed by atoms with E-state index in [1.54, 1.807) is 0 Å². The molecule has 2 rings (SSSR count). The molecule has 2 aromatic rings. The van der Waals surface area contributed by atoms with Crippen LogP contribution >= 0.6 is 23.2 Å². The summed E-state index contributed by atoms with van der Waals surface area (Å²) in [6, 6.07) is 4.20. The minimum Gasteiger partial charge on any atom is -0.478 e. The largest absolute Gasteiger partial charge is 0.478 e. The van der Waals surface area contributed by atoms with Gasteiger partial charge in [0, 0.05) is 14.7 Å². The quantitative estimate of drug-likeness (QED) is 0.466. The zero-order valence-corrected chi connectivity index (χ0v) is 11.7. The third-order valence-corrected chi connectivity index (χ3v) is 3.09. The molecule has 1 aromatic heterocycles. The summed E-state index contributed by atoms with van der Waals surface area (Å²) in [6.07, 6.45) is -1.93. The van der Waals surface area contributed by atoms with Crippen molar-refractivity contribution < 1.29 is 19.5 Å². The minimum absolute atomic E-state index is 0.343. The SMILES string of the molecule is [2H]C([2H])([2H])C([2H])(Oc1cccnc1[N+](=O)[O-])c1c(Cl)ccc(F)c1Cl. The molecule has 1 atom stereocenters. The number of halogens is 3. The molecule has 0 bridgehead atoms. The molecule has 1 unspecified atom stereocenters. The Labute approximate surface area is 135 Å². The van der Waals surface area contributed by atoms with Gasteiger partial charge in [-0.3, -0.25) is 0 Å². The van der Waals surface area contributed by atoms with Crippen LogP contribution in [0, 0.1) is 15.9 Å². The zero-order valence-electron chi connectivity index (χ0n) is 14.1. The fourth-order valence-electron chi connectivity index (χ4n) is 1.50. The zero-order chi connectivity index (χ0) is 19.0. The molecule has 0 radical (unpaired) electrons. The molecule has 0 N–H and O–H groups in total. The van der Waals surface area contributed by atoms with E-state index in [1.165, 1.54) is 6.07 Å². The maximum atomic E-state index is 13.8. The Balaban J connectivity index is 2.71. The van der Waals surface area contributed by atoms with E-state index >= 15 is 0 Å². The van der Waals surface area contributed by atoms with E-state index in [9.17, 15) is 14.5 Å². The van der Waals surface area contributed by atoms with E-state index in [1.807, 2.05) is 0 Å². The minimum atomic E-state index is -3.22. The number of hydrogen-bond acceptors (Lipinski definition) is 4. The van der Waals surface area contributed by atoms with Crippen LogP contribution in [0.2, 0.25) is 10.0 Å². The molecular weight excluding hydrogens is 322 g/mol. The predicted octanol–water partition coefficient (Wildman–Crippen LogP) is 4.58. The number of rotatable bonds is 4. The van der Waals surface area contributed by atoms with Crippen molar-refractivity contribution in [2.45, 2.75) is 12.9 Å². The number of hydrogen-bond donors (Lipinski definition) is 0. The molecular formula is C13H9Cl2FN2O3. The van der Waals surface area contributed by atoms with Gasteiger partial charge in [-0.2, -0.15) is 0 Å². The molecule has 1 aromatic carbocycles. The highest BCUT2D eigenvalue weighted by atomic mass is 35.5. The summed E-state index contributed by atoms with van der Waals surface area (Å²) in [7, 11) is 0. The third-order valence-electron chi connectivity index (χ3n) is 2.41. The average Bonchev–Trinajstić information content (AvgIpc) is 2.50. The molecule has 1 heterocycles. The maximum absolute atomic E-state index is 13.8. The van der Waals surface area contributed by atoms with Crippen LogP contribution in [0.1, 0.15) is 24.0 Å². The van der Waals surface area contributed by atoms with E-state index in [0.717, 1.165) is 24.4 Å². The van der Waals surface area contributed by atoms with Gasteiger partial charge >= 0.3 is 5.82 Å². The summed E-state index contributed by atoms with van der Waals surface area (Å²) in [4.78, 5) is 13.6. The van der Waals surface area contributed by atoms with Crippen LogP contribution < -0.4 is 4.74 Å². The summed E-state index contributed by atoms with van der Waals surface area (Å²) in [5, 5.41) is 9.96. The Morgan fingerprint density at radius 1 is 1.52 bits per heavy atom. The van der Waals surface area contributed by atoms with E-state index < -0.39 is 45.8 Å². The molecule has 0 aliphatic carbocycles. The number of nitrogens with zero attached hydrogens (tertiary/aromatic N) is 2. The summed E-state index contributed by atoms with van der Waals surface area (Å²) < 4.78 is 50.0. The van der Waals surface area contributed by atoms with E-state index in [2.05, 4.69) is 4.98 Å². The van der Waals surface area contributed by atoms with Crippen molar-refractivity contribution in [1.82, 2.24) is 4.98 Å². The highest BCUT2D eigenvalue weighted by Crippen LogP contribution is 2.36. The van der Waals surface area contributed by atoms with Gasteiger partial charge in [0.1, 0.15) is 18.1 Å². The van der Waals surface area contributed by atoms with E-state index in [0.29, 0.717) is 0 Å². The van der Waals surface area contributed by atoms with Crippen molar-refractivity contribution >= 4 is 29.0 Å². The average molecular weight is 335 g/mol. The summed E-state index contributed by atoms with van der Waals surface area (Å²) in [6.45, 7) is -3.22. The molecule has 0 aliphatic rings. The van der Waals surface area contributed by atoms with Crippen LogP contribution in [0.15, 0.2) is 30.5 Å². The van der Waals surface area contributed by atoms with Crippen molar-refractivity contribution in [2.75, 3.05) is 0 Å². The third kappa shape index (κ3) is 3.22. The lowest BCUT2D eigenvalue weighted by Crippen LogP contribution is -2.07. The molecule has 110 valence electrons. The fraction of sp³-hybridized carbons (Fsp3) is 0.154. The maximum Gasteiger partial charge on any atom is 0.406 e. The molecule has 0 amide bonds. The molecule has 21 heavy (non-hydrogen) atoms. The molecule has 0 aliphatic heterocycles. The smallest absolute Gasteiger partial charge is 0.406 e. The van der Waals surface area contributed by atoms with Gasteiger partial charge in [-0.05, 0) is 41.0 Å². The summed E-state index contributed by atoms with van der Waals surface area (Å²) >= 11 is 11.7. The lowest BCUT2D eigenvalue weighted by Gasteiger charge is -2.17. The second-order valence-corrected chi connectivity index (χ2v) is 4.52. The standard InChI is InChI=1S/C13H9Cl2FN2O3/c1-7(11-8(14)4-5-9(16)12(11)15)21-10-3-2-6-17-13(10)18(19)20/h2-7H,1H3/i1D3,7D. The monoisotopic (exact) mass is 334 g/mol. The van der Waals surface area contributed by atoms with Crippen LogP contribution in [-0.2, 0) is 0 Å². The number of benzene rings is 1. The van der Waals surface area contributed by atoms with Crippen LogP contribution in [0.4, 0.5) is 10.2 Å². The van der Waals surface area contributed by atoms with Gasteiger partial charge in [0.05, 0.1) is 6.39 Å². The lowest BCUT2D eigenvalue weighted by molar-refractivity contribution is -0.390. The molecule has 0 spiro atoms. The number of pyridine rings is 1. The van der Waals surface area contributed by atoms with Crippen LogP contribution in [0.3, 0.4) is 0 Å². The Morgan fingerprint density at radius 3 is 2.95 bits per heavy atom. The van der Waals surface area contributed by atoms with Crippen molar-refractivity contribution in [2.24, 2.45) is 0 Å². The van der Waals surface area contributed by atoms with Gasteiger partial charge in [-0.15, -0.1) is 0 Å². The first kappa shape index (κ1) is 10.8. The van der Waals surface area contributed by atoms with Gasteiger partial charge in [-0.25, -0.2) is 4.39 Å². The Hall–Kier alpha value is -1.92. The van der Waals surface area contributed by atoms with Gasteiger partial charge < -0.3 is 14.9 Å². The Morgan fingerprint density at radius 2 is 2.29 bits per heavy atom. The summed E-state index contributed by atoms with van der Waals surface area (Å²) in [5.74, 6) is -2.44. The Kier molecular flexibility index (Phi) is 3.19. The Bertz CT molecular complexity index is 837. The first-order valence-corrected chi connectivity index (χ1v) is 6.17. The molecule has 8 heteroatoms. The van der Waals surface area contributed by atoms with Crippen LogP contribution in [-0.4, -0.2) is 9.91 Å². The lowest BCUT2D eigenvalue weighted by atomic mass is 10.1. The molecule has 5 nitrogen and oxygen atoms in total. The molecule has 0 saturated carbocycles. The predicted molar refractivity (Wildman–Crippen MR) is 76.4 cm³/mol.